The van der Waals surface area contributed by atoms with Gasteiger partial charge in [-0.15, -0.1) is 0 Å². The summed E-state index contributed by atoms with van der Waals surface area (Å²) in [6.07, 6.45) is 5.83. The number of ether oxygens (including phenoxy) is 1. The number of rotatable bonds is 6. The van der Waals surface area contributed by atoms with Gasteiger partial charge in [0.1, 0.15) is 0 Å². The molecule has 0 aromatic carbocycles. The summed E-state index contributed by atoms with van der Waals surface area (Å²) >= 11 is 0. The largest absolute Gasteiger partial charge is 0.356 e. The number of hydrogen-bond donors (Lipinski definition) is 0. The van der Waals surface area contributed by atoms with E-state index in [-0.39, 0.29) is 0 Å². The van der Waals surface area contributed by atoms with Crippen LogP contribution in [0.1, 0.15) is 46.5 Å². The van der Waals surface area contributed by atoms with E-state index in [1.54, 1.807) is 0 Å². The Bertz CT molecular complexity index is 224. The Labute approximate surface area is 109 Å². The number of unbranched alkanes of at least 4 members (excludes halogenated alkanes) is 1. The molecule has 1 aliphatic heterocycles. The first-order valence-corrected chi connectivity index (χ1v) is 6.70. The summed E-state index contributed by atoms with van der Waals surface area (Å²) < 4.78 is 7.03. The smallest absolute Gasteiger partial charge is 0.183 e. The first kappa shape index (κ1) is 17.1. The molecule has 0 amide bonds. The van der Waals surface area contributed by atoms with Gasteiger partial charge >= 0.3 is 0 Å². The monoisotopic (exact) mass is 262 g/mol. The summed E-state index contributed by atoms with van der Waals surface area (Å²) in [5.74, 6) is 0. The molecule has 0 N–H and O–H groups in total. The Morgan fingerprint density at radius 2 is 1.78 bits per heavy atom. The Morgan fingerprint density at radius 1 is 1.28 bits per heavy atom. The predicted molar refractivity (Wildman–Crippen MR) is 70.5 cm³/mol. The fourth-order valence-electron chi connectivity index (χ4n) is 2.22. The Kier molecular flexibility index (Phi) is 8.66. The lowest BCUT2D eigenvalue weighted by atomic mass is 10.3. The van der Waals surface area contributed by atoms with Crippen LogP contribution in [0.5, 0.6) is 0 Å². The summed E-state index contributed by atoms with van der Waals surface area (Å²) in [6.45, 7) is 11.5. The third-order valence-corrected chi connectivity index (χ3v) is 3.18. The van der Waals surface area contributed by atoms with Crippen LogP contribution in [0.4, 0.5) is 0 Å². The van der Waals surface area contributed by atoms with Crippen molar-refractivity contribution in [2.24, 2.45) is 0 Å². The van der Waals surface area contributed by atoms with Crippen molar-refractivity contribution in [3.05, 3.63) is 15.3 Å². The fourth-order valence-corrected chi connectivity index (χ4v) is 2.22. The molecule has 1 saturated heterocycles. The highest BCUT2D eigenvalue weighted by molar-refractivity contribution is 4.53. The van der Waals surface area contributed by atoms with Crippen LogP contribution in [-0.2, 0) is 4.74 Å². The Balaban J connectivity index is 0.000000631. The average molecular weight is 262 g/mol. The molecule has 6 nitrogen and oxygen atoms in total. The highest BCUT2D eigenvalue weighted by atomic mass is 16.9. The van der Waals surface area contributed by atoms with Crippen LogP contribution < -0.4 is 0 Å². The van der Waals surface area contributed by atoms with Gasteiger partial charge in [-0.25, -0.2) is 0 Å². The molecule has 0 saturated carbocycles. The summed E-state index contributed by atoms with van der Waals surface area (Å²) in [6, 6.07) is 0. The second-order valence-corrected chi connectivity index (χ2v) is 5.14. The van der Waals surface area contributed by atoms with Gasteiger partial charge in [0, 0.05) is 12.8 Å². The molecule has 0 aromatic heterocycles. The van der Waals surface area contributed by atoms with Gasteiger partial charge < -0.3 is 24.5 Å². The lowest BCUT2D eigenvalue weighted by Gasteiger charge is -2.34. The highest BCUT2D eigenvalue weighted by Crippen LogP contribution is 2.20. The molecule has 0 bridgehead atoms. The molecule has 0 aromatic rings. The van der Waals surface area contributed by atoms with Crippen LogP contribution in [0.2, 0.25) is 0 Å². The van der Waals surface area contributed by atoms with E-state index in [2.05, 4.69) is 20.8 Å². The molecule has 1 fully saturated rings. The second-order valence-electron chi connectivity index (χ2n) is 5.14. The van der Waals surface area contributed by atoms with Crippen molar-refractivity contribution < 1.29 is 14.3 Å². The molecule has 0 aliphatic carbocycles. The maximum Gasteiger partial charge on any atom is 0.183 e. The lowest BCUT2D eigenvalue weighted by Crippen LogP contribution is -2.48. The summed E-state index contributed by atoms with van der Waals surface area (Å²) in [5, 5.41) is 14.8. The average Bonchev–Trinajstić information content (AvgIpc) is 2.72. The molecule has 108 valence electrons. The van der Waals surface area contributed by atoms with Gasteiger partial charge in [-0.3, -0.25) is 0 Å². The van der Waals surface area contributed by atoms with E-state index in [0.29, 0.717) is 6.10 Å². The molecular formula is C12H26N2O4. The third kappa shape index (κ3) is 8.25. The van der Waals surface area contributed by atoms with Gasteiger partial charge in [0.05, 0.1) is 30.8 Å². The predicted octanol–water partition coefficient (Wildman–Crippen LogP) is 2.54. The van der Waals surface area contributed by atoms with Gasteiger partial charge in [-0.05, 0) is 20.3 Å². The van der Waals surface area contributed by atoms with Crippen molar-refractivity contribution in [1.29, 1.82) is 0 Å². The number of nitrogens with zero attached hydrogens (tertiary/aromatic N) is 2. The Hall–Kier alpha value is -0.880. The van der Waals surface area contributed by atoms with Gasteiger partial charge in [0.15, 0.2) is 6.73 Å². The van der Waals surface area contributed by atoms with Gasteiger partial charge in [-0.2, -0.15) is 0 Å². The number of likely N-dealkylation sites (tertiary alicyclic amines) is 1. The molecule has 0 unspecified atom stereocenters. The van der Waals surface area contributed by atoms with Crippen LogP contribution in [0, 0.1) is 15.3 Å². The first-order valence-electron chi connectivity index (χ1n) is 6.70. The van der Waals surface area contributed by atoms with Crippen molar-refractivity contribution >= 4 is 0 Å². The SMILES string of the molecule is CCCC[N+]1(COC(C)C)CCCC1.O=[N+]([O-])[O-]. The van der Waals surface area contributed by atoms with Crippen LogP contribution in [-0.4, -0.2) is 42.0 Å². The number of hydrogen-bond acceptors (Lipinski definition) is 4. The maximum atomic E-state index is 8.25. The van der Waals surface area contributed by atoms with Gasteiger partial charge in [0.2, 0.25) is 0 Å². The van der Waals surface area contributed by atoms with Crippen LogP contribution in [0.3, 0.4) is 0 Å². The second kappa shape index (κ2) is 9.10. The molecule has 0 atom stereocenters. The minimum absolute atomic E-state index is 0.382. The van der Waals surface area contributed by atoms with E-state index in [4.69, 9.17) is 20.1 Å². The topological polar surface area (TPSA) is 75.4 Å². The molecule has 18 heavy (non-hydrogen) atoms. The van der Waals surface area contributed by atoms with Crippen molar-refractivity contribution in [2.75, 3.05) is 26.4 Å². The molecular weight excluding hydrogens is 236 g/mol. The Morgan fingerprint density at radius 3 is 2.17 bits per heavy atom. The normalized spacial score (nSPS) is 17.3. The van der Waals surface area contributed by atoms with E-state index < -0.39 is 5.09 Å². The number of quaternary nitrogens is 1. The van der Waals surface area contributed by atoms with Gasteiger partial charge in [0.25, 0.3) is 0 Å². The van der Waals surface area contributed by atoms with Crippen LogP contribution in [0.15, 0.2) is 0 Å². The zero-order chi connectivity index (χ0) is 14.0. The third-order valence-electron chi connectivity index (χ3n) is 3.18. The molecule has 6 heteroatoms. The molecule has 1 aliphatic rings. The zero-order valence-electron chi connectivity index (χ0n) is 11.8. The molecule has 1 rings (SSSR count). The maximum absolute atomic E-state index is 8.25. The van der Waals surface area contributed by atoms with E-state index >= 15 is 0 Å². The molecule has 0 spiro atoms. The highest BCUT2D eigenvalue weighted by Gasteiger charge is 2.31. The van der Waals surface area contributed by atoms with Crippen molar-refractivity contribution in [1.82, 2.24) is 0 Å². The first-order chi connectivity index (χ1) is 8.42. The van der Waals surface area contributed by atoms with Crippen LogP contribution in [0.25, 0.3) is 0 Å². The van der Waals surface area contributed by atoms with Crippen molar-refractivity contribution in [2.45, 2.75) is 52.6 Å². The minimum atomic E-state index is -1.75. The molecule has 1 heterocycles. The van der Waals surface area contributed by atoms with Crippen molar-refractivity contribution in [3.8, 4) is 0 Å². The van der Waals surface area contributed by atoms with E-state index in [1.807, 2.05) is 0 Å². The standard InChI is InChI=1S/C12H26NO.NO3/c1-4-5-8-13(9-6-7-10-13)11-14-12(2)3;2-1(3)4/h12H,4-11H2,1-3H3;/q+1;-1. The summed E-state index contributed by atoms with van der Waals surface area (Å²) in [4.78, 5) is 8.25. The van der Waals surface area contributed by atoms with E-state index in [1.165, 1.54) is 49.8 Å². The van der Waals surface area contributed by atoms with E-state index in [0.717, 1.165) is 6.73 Å². The fraction of sp³-hybridized carbons (Fsp3) is 1.00. The quantitative estimate of drug-likeness (QED) is 0.419. The van der Waals surface area contributed by atoms with Crippen molar-refractivity contribution in [3.63, 3.8) is 0 Å². The van der Waals surface area contributed by atoms with E-state index in [9.17, 15) is 0 Å². The minimum Gasteiger partial charge on any atom is -0.356 e. The lowest BCUT2D eigenvalue weighted by molar-refractivity contribution is -0.935. The summed E-state index contributed by atoms with van der Waals surface area (Å²) in [5.41, 5.74) is 0. The summed E-state index contributed by atoms with van der Waals surface area (Å²) in [7, 11) is 0. The van der Waals surface area contributed by atoms with Gasteiger partial charge in [-0.1, -0.05) is 13.3 Å². The zero-order valence-corrected chi connectivity index (χ0v) is 11.8. The van der Waals surface area contributed by atoms with Crippen LogP contribution >= 0.6 is 0 Å². The molecule has 0 radical (unpaired) electrons.